The van der Waals surface area contributed by atoms with E-state index in [1.54, 1.807) is 30.3 Å². The fourth-order valence-corrected chi connectivity index (χ4v) is 4.72. The summed E-state index contributed by atoms with van der Waals surface area (Å²) in [7, 11) is 1.47. The number of hydrogen-bond donors (Lipinski definition) is 1. The molecule has 1 saturated heterocycles. The van der Waals surface area contributed by atoms with Crippen LogP contribution in [0, 0.1) is 5.82 Å². The lowest BCUT2D eigenvalue weighted by Gasteiger charge is -2.29. The van der Waals surface area contributed by atoms with Gasteiger partial charge in [-0.05, 0) is 88.3 Å². The second-order valence-electron chi connectivity index (χ2n) is 7.49. The molecule has 1 fully saturated rings. The van der Waals surface area contributed by atoms with Gasteiger partial charge in [0, 0.05) is 15.6 Å². The molecule has 0 unspecified atom stereocenters. The molecule has 36 heavy (non-hydrogen) atoms. The number of ether oxygens (including phenoxy) is 2. The Bertz CT molecular complexity index is 1420. The van der Waals surface area contributed by atoms with Crippen LogP contribution in [0.1, 0.15) is 11.1 Å². The molecule has 0 atom stereocenters. The second-order valence-corrected chi connectivity index (χ2v) is 9.58. The third-order valence-electron chi connectivity index (χ3n) is 5.14. The van der Waals surface area contributed by atoms with Gasteiger partial charge in [-0.2, -0.15) is 0 Å². The molecule has 0 saturated carbocycles. The highest BCUT2D eigenvalue weighted by Gasteiger charge is 2.34. The third kappa shape index (κ3) is 5.54. The van der Waals surface area contributed by atoms with Gasteiger partial charge in [0.05, 0.1) is 17.3 Å². The van der Waals surface area contributed by atoms with Gasteiger partial charge in [0.1, 0.15) is 18.0 Å². The number of nitrogens with zero attached hydrogens (tertiary/aromatic N) is 1. The van der Waals surface area contributed by atoms with Gasteiger partial charge in [0.25, 0.3) is 11.8 Å². The zero-order chi connectivity index (χ0) is 26.0. The van der Waals surface area contributed by atoms with Crippen LogP contribution in [0.4, 0.5) is 10.1 Å². The minimum Gasteiger partial charge on any atom is -0.493 e. The molecule has 1 aliphatic rings. The van der Waals surface area contributed by atoms with Crippen LogP contribution < -0.4 is 19.7 Å². The quantitative estimate of drug-likeness (QED) is 0.201. The number of thiocarbonyl (C=S) groups is 1. The van der Waals surface area contributed by atoms with E-state index < -0.39 is 17.6 Å². The summed E-state index contributed by atoms with van der Waals surface area (Å²) in [5, 5.41) is 3.37. The molecule has 0 bridgehead atoms. The van der Waals surface area contributed by atoms with Gasteiger partial charge in [-0.25, -0.2) is 4.39 Å². The number of benzene rings is 3. The lowest BCUT2D eigenvalue weighted by Crippen LogP contribution is -2.54. The van der Waals surface area contributed by atoms with Crippen molar-refractivity contribution in [3.63, 3.8) is 0 Å². The van der Waals surface area contributed by atoms with E-state index in [1.165, 1.54) is 37.5 Å². The van der Waals surface area contributed by atoms with Gasteiger partial charge in [0.2, 0.25) is 0 Å². The smallest absolute Gasteiger partial charge is 0.270 e. The van der Waals surface area contributed by atoms with Crippen molar-refractivity contribution in [2.45, 2.75) is 6.61 Å². The summed E-state index contributed by atoms with van der Waals surface area (Å²) in [4.78, 5) is 26.9. The minimum atomic E-state index is -0.656. The molecule has 1 N–H and O–H groups in total. The first kappa shape index (κ1) is 26.1. The average molecular weight is 610 g/mol. The van der Waals surface area contributed by atoms with Crippen molar-refractivity contribution in [2.75, 3.05) is 12.0 Å². The zero-order valence-corrected chi connectivity index (χ0v) is 22.4. The van der Waals surface area contributed by atoms with Gasteiger partial charge in [-0.1, -0.05) is 29.3 Å². The van der Waals surface area contributed by atoms with E-state index in [4.69, 9.17) is 44.9 Å². The fraction of sp³-hybridized carbons (Fsp3) is 0.0800. The number of anilines is 1. The van der Waals surface area contributed by atoms with Crippen molar-refractivity contribution >= 4 is 80.0 Å². The van der Waals surface area contributed by atoms with Crippen molar-refractivity contribution in [1.82, 2.24) is 5.32 Å². The van der Waals surface area contributed by atoms with Crippen LogP contribution in [0.15, 0.2) is 64.6 Å². The molecular weight excluding hydrogens is 594 g/mol. The highest BCUT2D eigenvalue weighted by molar-refractivity contribution is 9.10. The van der Waals surface area contributed by atoms with E-state index in [1.807, 2.05) is 0 Å². The Kier molecular flexibility index (Phi) is 7.94. The van der Waals surface area contributed by atoms with Crippen molar-refractivity contribution in [3.05, 3.63) is 91.6 Å². The van der Waals surface area contributed by atoms with Crippen molar-refractivity contribution in [2.24, 2.45) is 0 Å². The van der Waals surface area contributed by atoms with Crippen molar-refractivity contribution in [1.29, 1.82) is 0 Å². The van der Waals surface area contributed by atoms with Gasteiger partial charge in [0.15, 0.2) is 16.6 Å². The predicted octanol–water partition coefficient (Wildman–Crippen LogP) is 6.31. The van der Waals surface area contributed by atoms with Crippen LogP contribution >= 0.6 is 51.3 Å². The summed E-state index contributed by atoms with van der Waals surface area (Å²) >= 11 is 20.8. The molecule has 3 aromatic rings. The summed E-state index contributed by atoms with van der Waals surface area (Å²) in [6, 6.07) is 13.6. The summed E-state index contributed by atoms with van der Waals surface area (Å²) in [6.07, 6.45) is 1.41. The molecular formula is C25H16BrCl2FN2O4S. The number of rotatable bonds is 6. The number of carbonyl (C=O) groups is 2. The molecule has 11 heteroatoms. The molecule has 4 rings (SSSR count). The normalized spacial score (nSPS) is 14.8. The predicted molar refractivity (Wildman–Crippen MR) is 144 cm³/mol. The van der Waals surface area contributed by atoms with Gasteiger partial charge >= 0.3 is 0 Å². The summed E-state index contributed by atoms with van der Waals surface area (Å²) in [5.41, 5.74) is 1.37. The van der Waals surface area contributed by atoms with E-state index in [0.717, 1.165) is 10.5 Å². The Morgan fingerprint density at radius 2 is 1.83 bits per heavy atom. The van der Waals surface area contributed by atoms with E-state index in [2.05, 4.69) is 21.2 Å². The van der Waals surface area contributed by atoms with Crippen LogP contribution in [-0.4, -0.2) is 24.0 Å². The van der Waals surface area contributed by atoms with Crippen LogP contribution in [0.3, 0.4) is 0 Å². The number of nitrogens with one attached hydrogen (secondary N) is 1. The van der Waals surface area contributed by atoms with Crippen LogP contribution in [0.25, 0.3) is 6.08 Å². The van der Waals surface area contributed by atoms with Crippen LogP contribution in [0.2, 0.25) is 10.0 Å². The van der Waals surface area contributed by atoms with Gasteiger partial charge in [-0.15, -0.1) is 0 Å². The summed E-state index contributed by atoms with van der Waals surface area (Å²) < 4.78 is 25.3. The van der Waals surface area contributed by atoms with Crippen molar-refractivity contribution < 1.29 is 23.5 Å². The molecule has 3 aromatic carbocycles. The molecule has 184 valence electrons. The van der Waals surface area contributed by atoms with E-state index in [9.17, 15) is 14.0 Å². The molecule has 0 radical (unpaired) electrons. The molecule has 0 aliphatic carbocycles. The number of carbonyl (C=O) groups excluding carboxylic acids is 2. The monoisotopic (exact) mass is 608 g/mol. The number of amides is 2. The Balaban J connectivity index is 1.64. The van der Waals surface area contributed by atoms with Gasteiger partial charge in [-0.3, -0.25) is 19.8 Å². The first-order valence-corrected chi connectivity index (χ1v) is 12.2. The zero-order valence-electron chi connectivity index (χ0n) is 18.5. The molecule has 1 heterocycles. The maximum absolute atomic E-state index is 13.3. The fourth-order valence-electron chi connectivity index (χ4n) is 3.40. The van der Waals surface area contributed by atoms with Crippen LogP contribution in [-0.2, 0) is 16.2 Å². The Hall–Kier alpha value is -2.98. The maximum Gasteiger partial charge on any atom is 0.270 e. The van der Waals surface area contributed by atoms with E-state index >= 15 is 0 Å². The Morgan fingerprint density at radius 1 is 1.11 bits per heavy atom. The third-order valence-corrected chi connectivity index (χ3v) is 6.60. The average Bonchev–Trinajstić information content (AvgIpc) is 2.83. The topological polar surface area (TPSA) is 67.9 Å². The SMILES string of the molecule is COc1cc(/C=C2/C(=O)NC(=S)N(c3ccc(F)cc3)C2=O)cc(Br)c1OCc1ccc(Cl)cc1Cl. The molecule has 1 aliphatic heterocycles. The maximum atomic E-state index is 13.3. The molecule has 2 amide bonds. The molecule has 0 spiro atoms. The Morgan fingerprint density at radius 3 is 2.50 bits per heavy atom. The highest BCUT2D eigenvalue weighted by Crippen LogP contribution is 2.38. The van der Waals surface area contributed by atoms with E-state index in [-0.39, 0.29) is 17.3 Å². The lowest BCUT2D eigenvalue weighted by molar-refractivity contribution is -0.122. The molecule has 6 nitrogen and oxygen atoms in total. The minimum absolute atomic E-state index is 0.0999. The number of hydrogen-bond acceptors (Lipinski definition) is 5. The standard InChI is InChI=1S/C25H16BrCl2FN2O4S/c1-34-21-10-13(9-19(26)22(21)35-12-14-2-3-15(27)11-20(14)28)8-18-23(32)30-25(36)31(24(18)33)17-6-4-16(29)5-7-17/h2-11H,12H2,1H3,(H,30,32,36)/b18-8-. The second kappa shape index (κ2) is 11.0. The Labute approximate surface area is 229 Å². The van der Waals surface area contributed by atoms with Crippen LogP contribution in [0.5, 0.6) is 11.5 Å². The highest BCUT2D eigenvalue weighted by atomic mass is 79.9. The lowest BCUT2D eigenvalue weighted by atomic mass is 10.1. The number of halogens is 4. The first-order chi connectivity index (χ1) is 17.2. The summed E-state index contributed by atoms with van der Waals surface area (Å²) in [6.45, 7) is 0.149. The first-order valence-electron chi connectivity index (χ1n) is 10.3. The van der Waals surface area contributed by atoms with E-state index in [0.29, 0.717) is 37.3 Å². The largest absolute Gasteiger partial charge is 0.493 e. The number of methoxy groups -OCH3 is 1. The summed E-state index contributed by atoms with van der Waals surface area (Å²) in [5.74, 6) is -1.01. The molecule has 0 aromatic heterocycles. The van der Waals surface area contributed by atoms with Crippen molar-refractivity contribution in [3.8, 4) is 11.5 Å². The van der Waals surface area contributed by atoms with Gasteiger partial charge < -0.3 is 9.47 Å².